The van der Waals surface area contributed by atoms with Gasteiger partial charge in [0.05, 0.1) is 12.1 Å². The molecule has 1 aromatic heterocycles. The van der Waals surface area contributed by atoms with Gasteiger partial charge in [0.2, 0.25) is 0 Å². The maximum atomic E-state index is 11.9. The fourth-order valence-corrected chi connectivity index (χ4v) is 1.57. The first-order valence-corrected chi connectivity index (χ1v) is 6.11. The number of nitrogens with two attached hydrogens (primary N) is 1. The van der Waals surface area contributed by atoms with Crippen molar-refractivity contribution in [1.29, 1.82) is 0 Å². The van der Waals surface area contributed by atoms with Crippen LogP contribution in [0, 0.1) is 12.3 Å². The zero-order chi connectivity index (χ0) is 13.9. The summed E-state index contributed by atoms with van der Waals surface area (Å²) in [6.45, 7) is 6.13. The highest BCUT2D eigenvalue weighted by atomic mass is 32.1. The van der Waals surface area contributed by atoms with Crippen LogP contribution in [0.25, 0.3) is 0 Å². The number of aromatic nitrogens is 2. The van der Waals surface area contributed by atoms with E-state index in [9.17, 15) is 4.79 Å². The predicted molar refractivity (Wildman–Crippen MR) is 75.0 cm³/mol. The zero-order valence-corrected chi connectivity index (χ0v) is 12.0. The van der Waals surface area contributed by atoms with Crippen molar-refractivity contribution in [2.24, 2.45) is 11.1 Å². The lowest BCUT2D eigenvalue weighted by Gasteiger charge is -2.23. The van der Waals surface area contributed by atoms with E-state index in [0.29, 0.717) is 29.7 Å². The Kier molecular flexibility index (Phi) is 4.45. The molecule has 0 aliphatic rings. The number of aryl methyl sites for hydroxylation is 1. The number of hydrogen-bond acceptors (Lipinski definition) is 4. The first-order chi connectivity index (χ1) is 8.27. The Morgan fingerprint density at radius 2 is 2.22 bits per heavy atom. The van der Waals surface area contributed by atoms with Crippen LogP contribution in [0.15, 0.2) is 10.9 Å². The van der Waals surface area contributed by atoms with Crippen LogP contribution < -0.4 is 16.0 Å². The van der Waals surface area contributed by atoms with Crippen molar-refractivity contribution < 1.29 is 4.74 Å². The second-order valence-electron chi connectivity index (χ2n) is 4.87. The van der Waals surface area contributed by atoms with Gasteiger partial charge in [-0.2, -0.15) is 0 Å². The Labute approximate surface area is 112 Å². The van der Waals surface area contributed by atoms with Gasteiger partial charge in [-0.3, -0.25) is 9.36 Å². The number of thiocarbonyl (C=S) groups is 1. The minimum absolute atomic E-state index is 0.127. The van der Waals surface area contributed by atoms with E-state index in [1.807, 2.05) is 13.8 Å². The summed E-state index contributed by atoms with van der Waals surface area (Å²) in [6.07, 6.45) is 0.656. The largest absolute Gasteiger partial charge is 0.468 e. The third-order valence-electron chi connectivity index (χ3n) is 2.91. The summed E-state index contributed by atoms with van der Waals surface area (Å²) in [4.78, 5) is 16.5. The highest BCUT2D eigenvalue weighted by molar-refractivity contribution is 7.80. The van der Waals surface area contributed by atoms with Gasteiger partial charge in [-0.15, -0.1) is 0 Å². The van der Waals surface area contributed by atoms with Crippen molar-refractivity contribution in [1.82, 2.24) is 9.55 Å². The van der Waals surface area contributed by atoms with Crippen LogP contribution in [-0.4, -0.2) is 21.6 Å². The molecule has 0 saturated heterocycles. The third-order valence-corrected chi connectivity index (χ3v) is 3.46. The summed E-state index contributed by atoms with van der Waals surface area (Å²) in [5.41, 5.74) is 5.88. The number of hydrogen-bond donors (Lipinski definition) is 1. The van der Waals surface area contributed by atoms with Crippen LogP contribution in [0.5, 0.6) is 6.01 Å². The second-order valence-corrected chi connectivity index (χ2v) is 5.31. The molecule has 0 spiro atoms. The van der Waals surface area contributed by atoms with Crippen LogP contribution in [0.4, 0.5) is 0 Å². The molecule has 18 heavy (non-hydrogen) atoms. The Morgan fingerprint density at radius 1 is 1.61 bits per heavy atom. The number of ether oxygens (including phenoxy) is 1. The first kappa shape index (κ1) is 14.6. The number of methoxy groups -OCH3 is 1. The van der Waals surface area contributed by atoms with Crippen LogP contribution in [-0.2, 0) is 6.54 Å². The van der Waals surface area contributed by atoms with Crippen molar-refractivity contribution in [3.05, 3.63) is 22.1 Å². The molecule has 0 aliphatic heterocycles. The summed E-state index contributed by atoms with van der Waals surface area (Å²) in [6, 6.07) is 1.80. The molecule has 6 heteroatoms. The monoisotopic (exact) mass is 269 g/mol. The van der Waals surface area contributed by atoms with Crippen molar-refractivity contribution in [3.63, 3.8) is 0 Å². The Morgan fingerprint density at radius 3 is 2.72 bits per heavy atom. The average molecular weight is 269 g/mol. The molecule has 0 atom stereocenters. The summed E-state index contributed by atoms with van der Waals surface area (Å²) in [5.74, 6) is 0. The van der Waals surface area contributed by atoms with E-state index < -0.39 is 0 Å². The van der Waals surface area contributed by atoms with Crippen LogP contribution in [0.2, 0.25) is 0 Å². The molecule has 1 aromatic rings. The first-order valence-electron chi connectivity index (χ1n) is 5.70. The van der Waals surface area contributed by atoms with Gasteiger partial charge in [-0.25, -0.2) is 4.98 Å². The van der Waals surface area contributed by atoms with E-state index in [2.05, 4.69) is 4.98 Å². The fourth-order valence-electron chi connectivity index (χ4n) is 1.47. The second kappa shape index (κ2) is 5.48. The highest BCUT2D eigenvalue weighted by Gasteiger charge is 2.22. The van der Waals surface area contributed by atoms with Crippen LogP contribution >= 0.6 is 12.2 Å². The SMILES string of the molecule is COc1nc(C)cc(=O)n1CCC(C)(C)C(N)=S. The quantitative estimate of drug-likeness (QED) is 0.815. The van der Waals surface area contributed by atoms with Gasteiger partial charge in [-0.1, -0.05) is 26.1 Å². The maximum absolute atomic E-state index is 11.9. The summed E-state index contributed by atoms with van der Waals surface area (Å²) >= 11 is 5.01. The van der Waals surface area contributed by atoms with Crippen molar-refractivity contribution >= 4 is 17.2 Å². The van der Waals surface area contributed by atoms with Gasteiger partial charge in [0.1, 0.15) is 0 Å². The van der Waals surface area contributed by atoms with E-state index in [4.69, 9.17) is 22.7 Å². The molecule has 0 aliphatic carbocycles. The van der Waals surface area contributed by atoms with E-state index in [1.54, 1.807) is 6.92 Å². The normalized spacial score (nSPS) is 11.3. The van der Waals surface area contributed by atoms with Crippen LogP contribution in [0.1, 0.15) is 26.0 Å². The van der Waals surface area contributed by atoms with E-state index in [0.717, 1.165) is 0 Å². The molecule has 0 saturated carbocycles. The maximum Gasteiger partial charge on any atom is 0.299 e. The Balaban J connectivity index is 2.99. The fraction of sp³-hybridized carbons (Fsp3) is 0.583. The van der Waals surface area contributed by atoms with E-state index in [-0.39, 0.29) is 11.0 Å². The Bertz CT molecular complexity index is 509. The molecule has 100 valence electrons. The van der Waals surface area contributed by atoms with Gasteiger partial charge in [-0.05, 0) is 13.3 Å². The molecule has 0 fully saturated rings. The minimum atomic E-state index is -0.301. The van der Waals surface area contributed by atoms with Gasteiger partial charge >= 0.3 is 0 Å². The van der Waals surface area contributed by atoms with Crippen molar-refractivity contribution in [2.45, 2.75) is 33.7 Å². The van der Waals surface area contributed by atoms with Crippen molar-refractivity contribution in [2.75, 3.05) is 7.11 Å². The molecular weight excluding hydrogens is 250 g/mol. The molecule has 0 unspecified atom stereocenters. The van der Waals surface area contributed by atoms with Gasteiger partial charge in [0, 0.05) is 23.7 Å². The molecule has 1 rings (SSSR count). The Hall–Kier alpha value is -1.43. The van der Waals surface area contributed by atoms with Gasteiger partial charge in [0.15, 0.2) is 0 Å². The summed E-state index contributed by atoms with van der Waals surface area (Å²) in [5, 5.41) is 0. The lowest BCUT2D eigenvalue weighted by molar-refractivity contribution is 0.328. The molecule has 1 heterocycles. The molecule has 0 aromatic carbocycles. The standard InChI is InChI=1S/C12H19N3O2S/c1-8-7-9(16)15(11(14-8)17-4)6-5-12(2,3)10(13)18/h7H,5-6H2,1-4H3,(H2,13,18). The van der Waals surface area contributed by atoms with Gasteiger partial charge in [0.25, 0.3) is 11.6 Å². The lowest BCUT2D eigenvalue weighted by Crippen LogP contribution is -2.33. The number of nitrogens with zero attached hydrogens (tertiary/aromatic N) is 2. The average Bonchev–Trinajstić information content (AvgIpc) is 2.26. The molecule has 2 N–H and O–H groups in total. The lowest BCUT2D eigenvalue weighted by atomic mass is 9.89. The minimum Gasteiger partial charge on any atom is -0.468 e. The topological polar surface area (TPSA) is 70.1 Å². The molecule has 0 radical (unpaired) electrons. The molecule has 0 amide bonds. The highest BCUT2D eigenvalue weighted by Crippen LogP contribution is 2.22. The van der Waals surface area contributed by atoms with Gasteiger partial charge < -0.3 is 10.5 Å². The smallest absolute Gasteiger partial charge is 0.299 e. The predicted octanol–water partition coefficient (Wildman–Crippen LogP) is 1.26. The van der Waals surface area contributed by atoms with Crippen LogP contribution in [0.3, 0.4) is 0 Å². The molecular formula is C12H19N3O2S. The summed E-state index contributed by atoms with van der Waals surface area (Å²) in [7, 11) is 1.50. The number of rotatable bonds is 5. The van der Waals surface area contributed by atoms with E-state index in [1.165, 1.54) is 17.7 Å². The third kappa shape index (κ3) is 3.29. The molecule has 0 bridgehead atoms. The van der Waals surface area contributed by atoms with Crippen molar-refractivity contribution in [3.8, 4) is 6.01 Å². The zero-order valence-electron chi connectivity index (χ0n) is 11.2. The summed E-state index contributed by atoms with van der Waals surface area (Å²) < 4.78 is 6.61. The molecule has 5 nitrogen and oxygen atoms in total. The van der Waals surface area contributed by atoms with E-state index >= 15 is 0 Å².